The molecule has 0 aromatic carbocycles. The van der Waals surface area contributed by atoms with Crippen molar-refractivity contribution in [2.75, 3.05) is 7.11 Å². The lowest BCUT2D eigenvalue weighted by Gasteiger charge is -2.60. The van der Waals surface area contributed by atoms with Gasteiger partial charge >= 0.3 is 0 Å². The van der Waals surface area contributed by atoms with Crippen molar-refractivity contribution in [1.82, 2.24) is 5.32 Å². The van der Waals surface area contributed by atoms with E-state index >= 15 is 0 Å². The summed E-state index contributed by atoms with van der Waals surface area (Å²) in [4.78, 5) is 0. The van der Waals surface area contributed by atoms with Crippen LogP contribution in [0.3, 0.4) is 0 Å². The summed E-state index contributed by atoms with van der Waals surface area (Å²) in [6.45, 7) is 11.3. The van der Waals surface area contributed by atoms with Crippen LogP contribution < -0.4 is 5.32 Å². The van der Waals surface area contributed by atoms with E-state index in [4.69, 9.17) is 4.74 Å². The molecule has 1 saturated carbocycles. The highest BCUT2D eigenvalue weighted by atomic mass is 16.5. The highest BCUT2D eigenvalue weighted by molar-refractivity contribution is 5.11. The van der Waals surface area contributed by atoms with E-state index in [1.165, 1.54) is 12.8 Å². The lowest BCUT2D eigenvalue weighted by molar-refractivity contribution is -0.182. The van der Waals surface area contributed by atoms with E-state index in [1.807, 2.05) is 7.11 Å². The third kappa shape index (κ3) is 2.07. The molecule has 1 aliphatic carbocycles. The first kappa shape index (κ1) is 13.0. The molecule has 90 valence electrons. The van der Waals surface area contributed by atoms with E-state index in [0.29, 0.717) is 12.1 Å². The number of hydrogen-bond acceptors (Lipinski definition) is 2. The molecule has 0 spiro atoms. The molecule has 2 unspecified atom stereocenters. The van der Waals surface area contributed by atoms with Crippen molar-refractivity contribution in [2.45, 2.75) is 71.6 Å². The predicted molar refractivity (Wildman–Crippen MR) is 65.1 cm³/mol. The number of hydrogen-bond donors (Lipinski definition) is 1. The highest BCUT2D eigenvalue weighted by Gasteiger charge is 2.57. The Morgan fingerprint density at radius 3 is 2.13 bits per heavy atom. The summed E-state index contributed by atoms with van der Waals surface area (Å²) in [5.74, 6) is 0. The average Bonchev–Trinajstić information content (AvgIpc) is 2.23. The zero-order valence-corrected chi connectivity index (χ0v) is 11.2. The van der Waals surface area contributed by atoms with Crippen molar-refractivity contribution in [2.24, 2.45) is 5.41 Å². The smallest absolute Gasteiger partial charge is 0.0731 e. The van der Waals surface area contributed by atoms with Crippen molar-refractivity contribution >= 4 is 0 Å². The highest BCUT2D eigenvalue weighted by Crippen LogP contribution is 2.51. The van der Waals surface area contributed by atoms with Gasteiger partial charge in [0, 0.05) is 24.6 Å². The first-order chi connectivity index (χ1) is 6.91. The standard InChI is InChI=1S/C13H27NO/c1-7-10(8-2)14-11-9-13(5,15-6)12(11,3)4/h10-11,14H,7-9H2,1-6H3. The zero-order chi connectivity index (χ0) is 11.7. The minimum Gasteiger partial charge on any atom is -0.378 e. The number of rotatable bonds is 5. The summed E-state index contributed by atoms with van der Waals surface area (Å²) in [6.07, 6.45) is 3.56. The molecule has 0 amide bonds. The van der Waals surface area contributed by atoms with Gasteiger partial charge in [-0.15, -0.1) is 0 Å². The summed E-state index contributed by atoms with van der Waals surface area (Å²) in [6, 6.07) is 1.27. The zero-order valence-electron chi connectivity index (χ0n) is 11.2. The van der Waals surface area contributed by atoms with Crippen LogP contribution in [0, 0.1) is 5.41 Å². The Bertz CT molecular complexity index is 211. The van der Waals surface area contributed by atoms with Crippen molar-refractivity contribution in [3.05, 3.63) is 0 Å². The van der Waals surface area contributed by atoms with Crippen LogP contribution in [0.15, 0.2) is 0 Å². The van der Waals surface area contributed by atoms with Crippen LogP contribution in [0.4, 0.5) is 0 Å². The summed E-state index contributed by atoms with van der Waals surface area (Å²) < 4.78 is 5.63. The minimum absolute atomic E-state index is 0.0523. The molecule has 1 rings (SSSR count). The molecule has 0 bridgehead atoms. The van der Waals surface area contributed by atoms with Crippen LogP contribution in [0.25, 0.3) is 0 Å². The fourth-order valence-corrected chi connectivity index (χ4v) is 2.57. The van der Waals surface area contributed by atoms with Gasteiger partial charge in [0.25, 0.3) is 0 Å². The van der Waals surface area contributed by atoms with Gasteiger partial charge in [-0.25, -0.2) is 0 Å². The van der Waals surface area contributed by atoms with Gasteiger partial charge in [-0.05, 0) is 26.2 Å². The SMILES string of the molecule is CCC(CC)NC1CC(C)(OC)C1(C)C. The van der Waals surface area contributed by atoms with Gasteiger partial charge in [-0.2, -0.15) is 0 Å². The molecule has 0 heterocycles. The van der Waals surface area contributed by atoms with Crippen molar-refractivity contribution in [1.29, 1.82) is 0 Å². The van der Waals surface area contributed by atoms with Crippen molar-refractivity contribution in [3.8, 4) is 0 Å². The second-order valence-electron chi connectivity index (χ2n) is 5.59. The van der Waals surface area contributed by atoms with Gasteiger partial charge < -0.3 is 10.1 Å². The first-order valence-electron chi connectivity index (χ1n) is 6.22. The Hall–Kier alpha value is -0.0800. The lowest BCUT2D eigenvalue weighted by Crippen LogP contribution is -2.69. The molecule has 0 aromatic rings. The Morgan fingerprint density at radius 2 is 1.80 bits per heavy atom. The van der Waals surface area contributed by atoms with Gasteiger partial charge in [-0.1, -0.05) is 27.7 Å². The molecule has 0 aliphatic heterocycles. The van der Waals surface area contributed by atoms with E-state index in [9.17, 15) is 0 Å². The molecule has 0 saturated heterocycles. The van der Waals surface area contributed by atoms with Gasteiger partial charge in [0.1, 0.15) is 0 Å². The van der Waals surface area contributed by atoms with Crippen LogP contribution in [-0.2, 0) is 4.74 Å². The van der Waals surface area contributed by atoms with Gasteiger partial charge in [0.2, 0.25) is 0 Å². The number of nitrogens with one attached hydrogen (secondary N) is 1. The second-order valence-corrected chi connectivity index (χ2v) is 5.59. The molecule has 1 N–H and O–H groups in total. The van der Waals surface area contributed by atoms with E-state index < -0.39 is 0 Å². The molecular weight excluding hydrogens is 186 g/mol. The Morgan fingerprint density at radius 1 is 1.27 bits per heavy atom. The number of ether oxygens (including phenoxy) is 1. The van der Waals surface area contributed by atoms with E-state index in [1.54, 1.807) is 0 Å². The molecule has 2 heteroatoms. The third-order valence-electron chi connectivity index (χ3n) is 4.70. The van der Waals surface area contributed by atoms with E-state index in [-0.39, 0.29) is 11.0 Å². The molecule has 1 fully saturated rings. The molecule has 0 aromatic heterocycles. The van der Waals surface area contributed by atoms with Crippen LogP contribution in [-0.4, -0.2) is 24.8 Å². The fourth-order valence-electron chi connectivity index (χ4n) is 2.57. The summed E-state index contributed by atoms with van der Waals surface area (Å²) in [5.41, 5.74) is 0.293. The Balaban J connectivity index is 2.55. The van der Waals surface area contributed by atoms with Gasteiger partial charge in [0.15, 0.2) is 0 Å². The topological polar surface area (TPSA) is 21.3 Å². The van der Waals surface area contributed by atoms with Crippen molar-refractivity contribution < 1.29 is 4.74 Å². The molecular formula is C13H27NO. The fraction of sp³-hybridized carbons (Fsp3) is 1.00. The van der Waals surface area contributed by atoms with E-state index in [0.717, 1.165) is 6.42 Å². The first-order valence-corrected chi connectivity index (χ1v) is 6.22. The Kier molecular flexibility index (Phi) is 3.83. The summed E-state index contributed by atoms with van der Waals surface area (Å²) >= 11 is 0. The molecule has 0 radical (unpaired) electrons. The summed E-state index contributed by atoms with van der Waals surface area (Å²) in [5, 5.41) is 3.75. The van der Waals surface area contributed by atoms with Crippen LogP contribution in [0.2, 0.25) is 0 Å². The monoisotopic (exact) mass is 213 g/mol. The molecule has 2 atom stereocenters. The average molecular weight is 213 g/mol. The van der Waals surface area contributed by atoms with Gasteiger partial charge in [0.05, 0.1) is 5.60 Å². The second kappa shape index (κ2) is 4.42. The maximum absolute atomic E-state index is 5.63. The number of methoxy groups -OCH3 is 1. The Labute approximate surface area is 94.8 Å². The largest absolute Gasteiger partial charge is 0.378 e. The normalized spacial score (nSPS) is 34.2. The van der Waals surface area contributed by atoms with Crippen LogP contribution >= 0.6 is 0 Å². The van der Waals surface area contributed by atoms with Crippen LogP contribution in [0.5, 0.6) is 0 Å². The predicted octanol–water partition coefficient (Wildman–Crippen LogP) is 2.97. The van der Waals surface area contributed by atoms with Gasteiger partial charge in [-0.3, -0.25) is 0 Å². The maximum Gasteiger partial charge on any atom is 0.0731 e. The summed E-state index contributed by atoms with van der Waals surface area (Å²) in [7, 11) is 1.83. The molecule has 1 aliphatic rings. The molecule has 15 heavy (non-hydrogen) atoms. The maximum atomic E-state index is 5.63. The molecule has 2 nitrogen and oxygen atoms in total. The van der Waals surface area contributed by atoms with E-state index in [2.05, 4.69) is 39.9 Å². The third-order valence-corrected chi connectivity index (χ3v) is 4.70. The quantitative estimate of drug-likeness (QED) is 0.758. The van der Waals surface area contributed by atoms with Crippen LogP contribution in [0.1, 0.15) is 53.9 Å². The lowest BCUT2D eigenvalue weighted by atomic mass is 9.55. The van der Waals surface area contributed by atoms with Crippen molar-refractivity contribution in [3.63, 3.8) is 0 Å². The minimum atomic E-state index is 0.0523.